The molecule has 0 radical (unpaired) electrons. The predicted molar refractivity (Wildman–Crippen MR) is 67.9 cm³/mol. The molecule has 4 nitrogen and oxygen atoms in total. The summed E-state index contributed by atoms with van der Waals surface area (Å²) in [7, 11) is 0. The second-order valence-electron chi connectivity index (χ2n) is 3.72. The number of halogens is 1. The fraction of sp³-hybridized carbons (Fsp3) is 0.417. The van der Waals surface area contributed by atoms with Crippen LogP contribution in [0.5, 0.6) is 11.5 Å². The standard InChI is InChI=1S/C12H14BrNO3/c1-2-7-11(9(15)6-14)8(13)5-10-12(7)17-4-3-16-10/h5H,2-4,6,14H2,1H3. The summed E-state index contributed by atoms with van der Waals surface area (Å²) in [5, 5.41) is 0. The van der Waals surface area contributed by atoms with Crippen molar-refractivity contribution >= 4 is 21.7 Å². The molecule has 1 aliphatic heterocycles. The van der Waals surface area contributed by atoms with Crippen LogP contribution in [0.15, 0.2) is 10.5 Å². The van der Waals surface area contributed by atoms with E-state index in [1.807, 2.05) is 6.92 Å². The molecule has 0 bridgehead atoms. The molecule has 1 heterocycles. The maximum atomic E-state index is 11.8. The van der Waals surface area contributed by atoms with Crippen LogP contribution in [0, 0.1) is 0 Å². The van der Waals surface area contributed by atoms with Crippen molar-refractivity contribution in [3.63, 3.8) is 0 Å². The third-order valence-electron chi connectivity index (χ3n) is 2.70. The lowest BCUT2D eigenvalue weighted by molar-refractivity contribution is 0.0998. The molecular formula is C12H14BrNO3. The van der Waals surface area contributed by atoms with Gasteiger partial charge in [0.15, 0.2) is 17.3 Å². The number of rotatable bonds is 3. The van der Waals surface area contributed by atoms with E-state index in [4.69, 9.17) is 15.2 Å². The Labute approximate surface area is 108 Å². The summed E-state index contributed by atoms with van der Waals surface area (Å²) in [6, 6.07) is 1.77. The predicted octanol–water partition coefficient (Wildman–Crippen LogP) is 1.92. The van der Waals surface area contributed by atoms with Crippen molar-refractivity contribution in [1.29, 1.82) is 0 Å². The number of benzene rings is 1. The number of hydrogen-bond acceptors (Lipinski definition) is 4. The van der Waals surface area contributed by atoms with E-state index < -0.39 is 0 Å². The number of fused-ring (bicyclic) bond motifs is 1. The van der Waals surface area contributed by atoms with Crippen molar-refractivity contribution in [3.05, 3.63) is 21.7 Å². The quantitative estimate of drug-likeness (QED) is 0.866. The monoisotopic (exact) mass is 299 g/mol. The largest absolute Gasteiger partial charge is 0.486 e. The van der Waals surface area contributed by atoms with Crippen molar-refractivity contribution < 1.29 is 14.3 Å². The molecular weight excluding hydrogens is 286 g/mol. The van der Waals surface area contributed by atoms with Crippen LogP contribution in [0.4, 0.5) is 0 Å². The first kappa shape index (κ1) is 12.4. The van der Waals surface area contributed by atoms with E-state index in [1.54, 1.807) is 6.07 Å². The van der Waals surface area contributed by atoms with E-state index in [2.05, 4.69) is 15.9 Å². The highest BCUT2D eigenvalue weighted by Crippen LogP contribution is 2.40. The minimum Gasteiger partial charge on any atom is -0.486 e. The van der Waals surface area contributed by atoms with Gasteiger partial charge in [0, 0.05) is 15.6 Å². The molecule has 0 fully saturated rings. The van der Waals surface area contributed by atoms with E-state index in [1.165, 1.54) is 0 Å². The molecule has 1 aliphatic rings. The van der Waals surface area contributed by atoms with E-state index in [0.29, 0.717) is 41.2 Å². The van der Waals surface area contributed by atoms with Crippen LogP contribution in [-0.2, 0) is 6.42 Å². The smallest absolute Gasteiger partial charge is 0.177 e. The molecule has 0 unspecified atom stereocenters. The summed E-state index contributed by atoms with van der Waals surface area (Å²) in [5.41, 5.74) is 6.91. The Morgan fingerprint density at radius 1 is 1.47 bits per heavy atom. The number of hydrogen-bond donors (Lipinski definition) is 1. The molecule has 0 saturated heterocycles. The van der Waals surface area contributed by atoms with Gasteiger partial charge in [-0.05, 0) is 28.4 Å². The fourth-order valence-corrected chi connectivity index (χ4v) is 2.63. The van der Waals surface area contributed by atoms with Gasteiger partial charge in [-0.25, -0.2) is 0 Å². The molecule has 0 saturated carbocycles. The minimum atomic E-state index is -0.0919. The third-order valence-corrected chi connectivity index (χ3v) is 3.33. The summed E-state index contributed by atoms with van der Waals surface area (Å²) in [5.74, 6) is 1.28. The molecule has 0 aromatic heterocycles. The van der Waals surface area contributed by atoms with E-state index in [0.717, 1.165) is 5.56 Å². The van der Waals surface area contributed by atoms with E-state index in [9.17, 15) is 4.79 Å². The van der Waals surface area contributed by atoms with Gasteiger partial charge in [0.1, 0.15) is 13.2 Å². The van der Waals surface area contributed by atoms with Gasteiger partial charge < -0.3 is 15.2 Å². The summed E-state index contributed by atoms with van der Waals surface area (Å²) >= 11 is 3.40. The van der Waals surface area contributed by atoms with E-state index in [-0.39, 0.29) is 12.3 Å². The number of ether oxygens (including phenoxy) is 2. The first-order valence-corrected chi connectivity index (χ1v) is 6.32. The summed E-state index contributed by atoms with van der Waals surface area (Å²) < 4.78 is 11.8. The second kappa shape index (κ2) is 5.06. The normalized spacial score (nSPS) is 13.6. The maximum absolute atomic E-state index is 11.8. The van der Waals surface area contributed by atoms with Gasteiger partial charge in [-0.2, -0.15) is 0 Å². The number of Topliss-reactive ketones (excluding diaryl/α,β-unsaturated/α-hetero) is 1. The molecule has 0 spiro atoms. The molecule has 0 aliphatic carbocycles. The first-order chi connectivity index (χ1) is 8.19. The Bertz CT molecular complexity index is 460. The minimum absolute atomic E-state index is 0.00869. The highest BCUT2D eigenvalue weighted by Gasteiger charge is 2.23. The molecule has 0 atom stereocenters. The Morgan fingerprint density at radius 3 is 2.82 bits per heavy atom. The van der Waals surface area contributed by atoms with Crippen LogP contribution >= 0.6 is 15.9 Å². The molecule has 2 N–H and O–H groups in total. The molecule has 1 aromatic rings. The maximum Gasteiger partial charge on any atom is 0.177 e. The second-order valence-corrected chi connectivity index (χ2v) is 4.57. The fourth-order valence-electron chi connectivity index (χ4n) is 1.96. The van der Waals surface area contributed by atoms with Gasteiger partial charge in [-0.15, -0.1) is 0 Å². The van der Waals surface area contributed by atoms with Crippen LogP contribution in [-0.4, -0.2) is 25.5 Å². The molecule has 0 amide bonds. The van der Waals surface area contributed by atoms with Crippen LogP contribution in [0.3, 0.4) is 0 Å². The molecule has 1 aromatic carbocycles. The van der Waals surface area contributed by atoms with Gasteiger partial charge in [0.2, 0.25) is 0 Å². The molecule has 2 rings (SSSR count). The van der Waals surface area contributed by atoms with Gasteiger partial charge in [0.25, 0.3) is 0 Å². The van der Waals surface area contributed by atoms with Gasteiger partial charge in [-0.3, -0.25) is 4.79 Å². The number of nitrogens with two attached hydrogens (primary N) is 1. The summed E-state index contributed by atoms with van der Waals surface area (Å²) in [4.78, 5) is 11.8. The van der Waals surface area contributed by atoms with Crippen LogP contribution in [0.25, 0.3) is 0 Å². The lowest BCUT2D eigenvalue weighted by Crippen LogP contribution is -2.21. The average Bonchev–Trinajstić information content (AvgIpc) is 2.36. The third kappa shape index (κ3) is 2.17. The zero-order chi connectivity index (χ0) is 12.4. The number of ketones is 1. The molecule has 17 heavy (non-hydrogen) atoms. The van der Waals surface area contributed by atoms with Crippen molar-refractivity contribution in [2.45, 2.75) is 13.3 Å². The van der Waals surface area contributed by atoms with Crippen molar-refractivity contribution in [3.8, 4) is 11.5 Å². The zero-order valence-corrected chi connectivity index (χ0v) is 11.2. The lowest BCUT2D eigenvalue weighted by Gasteiger charge is -2.23. The lowest BCUT2D eigenvalue weighted by atomic mass is 9.99. The Morgan fingerprint density at radius 2 is 2.18 bits per heavy atom. The SMILES string of the molecule is CCc1c2c(cc(Br)c1C(=O)CN)OCCO2. The van der Waals surface area contributed by atoms with Crippen molar-refractivity contribution in [2.75, 3.05) is 19.8 Å². The van der Waals surface area contributed by atoms with Crippen LogP contribution in [0.2, 0.25) is 0 Å². The van der Waals surface area contributed by atoms with Crippen LogP contribution < -0.4 is 15.2 Å². The van der Waals surface area contributed by atoms with Crippen molar-refractivity contribution in [1.82, 2.24) is 0 Å². The van der Waals surface area contributed by atoms with Gasteiger partial charge in [0.05, 0.1) is 6.54 Å². The zero-order valence-electron chi connectivity index (χ0n) is 9.59. The summed E-state index contributed by atoms with van der Waals surface area (Å²) in [6.45, 7) is 3.02. The summed E-state index contributed by atoms with van der Waals surface area (Å²) in [6.07, 6.45) is 0.701. The van der Waals surface area contributed by atoms with E-state index >= 15 is 0 Å². The Hall–Kier alpha value is -1.07. The van der Waals surface area contributed by atoms with Crippen LogP contribution in [0.1, 0.15) is 22.8 Å². The van der Waals surface area contributed by atoms with Crippen molar-refractivity contribution in [2.24, 2.45) is 5.73 Å². The highest BCUT2D eigenvalue weighted by atomic mass is 79.9. The Kier molecular flexibility index (Phi) is 3.69. The topological polar surface area (TPSA) is 61.6 Å². The van der Waals surface area contributed by atoms with Gasteiger partial charge in [-0.1, -0.05) is 6.92 Å². The average molecular weight is 300 g/mol. The first-order valence-electron chi connectivity index (χ1n) is 5.53. The molecule has 5 heteroatoms. The van der Waals surface area contributed by atoms with Gasteiger partial charge >= 0.3 is 0 Å². The molecule has 92 valence electrons. The Balaban J connectivity index is 2.62. The highest BCUT2D eigenvalue weighted by molar-refractivity contribution is 9.10. The number of carbonyl (C=O) groups excluding carboxylic acids is 1. The number of carbonyl (C=O) groups is 1.